The van der Waals surface area contributed by atoms with Crippen LogP contribution in [0.2, 0.25) is 0 Å². The number of hydrogen-bond acceptors (Lipinski definition) is 0. The van der Waals surface area contributed by atoms with Gasteiger partial charge in [0.1, 0.15) is 0 Å². The van der Waals surface area contributed by atoms with Gasteiger partial charge in [0.25, 0.3) is 0 Å². The number of fused-ring (bicyclic) bond motifs is 4. The number of benzene rings is 4. The second-order valence-electron chi connectivity index (χ2n) is 10.8. The molecule has 208 valence electrons. The van der Waals surface area contributed by atoms with E-state index in [4.69, 9.17) is 0 Å². The molecule has 1 heterocycles. The van der Waals surface area contributed by atoms with E-state index in [0.29, 0.717) is 0 Å². The van der Waals surface area contributed by atoms with E-state index < -0.39 is 0 Å². The molecule has 0 saturated carbocycles. The van der Waals surface area contributed by atoms with Gasteiger partial charge in [-0.05, 0) is 67.0 Å². The molecule has 1 nitrogen and oxygen atoms in total. The standard InChI is InChI=1S/C21H18N.C14H14.C5H5.Hf/c1-2-8-16-14-17(13-15(16)7-1)22-20-11-5-3-9-18(20)19-10-4-6-12-21(19)22;1-3-7-13(8-4-1)11-12-14-9-5-2-6-10-14;1-2-4-5-3-1;/h1-3,5,7-9,11,13-14H,4,6,10,12H2;1-10H,11-12H2;1-3H,4H2;/q-1;;-1;. The van der Waals surface area contributed by atoms with Crippen molar-refractivity contribution in [3.05, 3.63) is 168 Å². The Bertz CT molecular complexity index is 1670. The Morgan fingerprint density at radius 1 is 0.690 bits per heavy atom. The van der Waals surface area contributed by atoms with Crippen LogP contribution in [0.4, 0.5) is 0 Å². The average molecular weight is 710 g/mol. The van der Waals surface area contributed by atoms with E-state index in [1.165, 1.54) is 69.9 Å². The smallest absolute Gasteiger partial charge is 0.0516 e. The second-order valence-corrected chi connectivity index (χ2v) is 10.8. The molecule has 2 aliphatic rings. The number of rotatable bonds is 4. The molecule has 0 fully saturated rings. The van der Waals surface area contributed by atoms with Crippen LogP contribution in [-0.4, -0.2) is 4.57 Å². The molecule has 2 aliphatic carbocycles. The number of nitrogens with zero attached hydrogens (tertiary/aromatic N) is 1. The number of hydrogen-bond donors (Lipinski definition) is 0. The van der Waals surface area contributed by atoms with Crippen molar-refractivity contribution in [1.29, 1.82) is 0 Å². The van der Waals surface area contributed by atoms with E-state index >= 15 is 0 Å². The Hall–Kier alpha value is -3.62. The van der Waals surface area contributed by atoms with Crippen molar-refractivity contribution < 1.29 is 25.8 Å². The van der Waals surface area contributed by atoms with Crippen LogP contribution in [0.25, 0.3) is 27.4 Å². The van der Waals surface area contributed by atoms with Gasteiger partial charge >= 0.3 is 0 Å². The summed E-state index contributed by atoms with van der Waals surface area (Å²) in [7, 11) is 0. The van der Waals surface area contributed by atoms with Gasteiger partial charge < -0.3 is 4.57 Å². The first-order valence-electron chi connectivity index (χ1n) is 14.9. The maximum absolute atomic E-state index is 2.99. The van der Waals surface area contributed by atoms with E-state index in [2.05, 4.69) is 138 Å². The van der Waals surface area contributed by atoms with Crippen LogP contribution in [0.15, 0.2) is 140 Å². The molecule has 0 N–H and O–H groups in total. The van der Waals surface area contributed by atoms with Gasteiger partial charge in [0, 0.05) is 36.9 Å². The Labute approximate surface area is 269 Å². The van der Waals surface area contributed by atoms with Crippen LogP contribution in [-0.2, 0) is 51.5 Å². The van der Waals surface area contributed by atoms with Crippen LogP contribution in [0.1, 0.15) is 41.6 Å². The molecule has 42 heavy (non-hydrogen) atoms. The molecule has 0 amide bonds. The van der Waals surface area contributed by atoms with E-state index in [-0.39, 0.29) is 25.8 Å². The zero-order valence-electron chi connectivity index (χ0n) is 24.2. The van der Waals surface area contributed by atoms with Gasteiger partial charge in [-0.2, -0.15) is 6.08 Å². The topological polar surface area (TPSA) is 4.93 Å². The number of allylic oxidation sites excluding steroid dienone is 4. The minimum absolute atomic E-state index is 0. The fraction of sp³-hybridized carbons (Fsp3) is 0.175. The Kier molecular flexibility index (Phi) is 10.7. The average Bonchev–Trinajstić information content (AvgIpc) is 3.82. The van der Waals surface area contributed by atoms with Crippen molar-refractivity contribution in [3.8, 4) is 5.69 Å². The van der Waals surface area contributed by atoms with Crippen molar-refractivity contribution in [2.75, 3.05) is 0 Å². The molecular weight excluding hydrogens is 673 g/mol. The van der Waals surface area contributed by atoms with Gasteiger partial charge in [-0.3, -0.25) is 6.08 Å². The van der Waals surface area contributed by atoms with E-state index in [1.54, 1.807) is 5.56 Å². The summed E-state index contributed by atoms with van der Waals surface area (Å²) in [5, 5.41) is 4.11. The molecule has 0 atom stereocenters. The summed E-state index contributed by atoms with van der Waals surface area (Å²) >= 11 is 0. The second kappa shape index (κ2) is 15.0. The van der Waals surface area contributed by atoms with Gasteiger partial charge in [0.05, 0.1) is 5.52 Å². The molecule has 5 aromatic carbocycles. The third-order valence-corrected chi connectivity index (χ3v) is 8.01. The molecule has 0 spiro atoms. The largest absolute Gasteiger partial charge is 0.332 e. The Morgan fingerprint density at radius 3 is 1.98 bits per heavy atom. The minimum atomic E-state index is 0. The summed E-state index contributed by atoms with van der Waals surface area (Å²) in [6, 6.07) is 43.4. The quantitative estimate of drug-likeness (QED) is 0.127. The molecule has 0 bridgehead atoms. The first-order chi connectivity index (χ1) is 20.4. The van der Waals surface area contributed by atoms with Crippen molar-refractivity contribution in [2.45, 2.75) is 44.9 Å². The Morgan fingerprint density at radius 2 is 1.33 bits per heavy atom. The zero-order valence-corrected chi connectivity index (χ0v) is 27.8. The number of aromatic nitrogens is 1. The summed E-state index contributed by atoms with van der Waals surface area (Å²) < 4.78 is 2.50. The predicted octanol–water partition coefficient (Wildman–Crippen LogP) is 10.2. The third kappa shape index (κ3) is 7.23. The van der Waals surface area contributed by atoms with Crippen LogP contribution < -0.4 is 0 Å². The monoisotopic (exact) mass is 711 g/mol. The van der Waals surface area contributed by atoms with Crippen LogP contribution in [0, 0.1) is 6.08 Å². The van der Waals surface area contributed by atoms with Gasteiger partial charge in [0.15, 0.2) is 0 Å². The molecule has 0 radical (unpaired) electrons. The molecule has 8 rings (SSSR count). The van der Waals surface area contributed by atoms with E-state index in [0.717, 1.165) is 19.3 Å². The molecule has 1 aromatic heterocycles. The predicted molar refractivity (Wildman–Crippen MR) is 175 cm³/mol. The molecule has 2 heteroatoms. The van der Waals surface area contributed by atoms with Crippen LogP contribution >= 0.6 is 0 Å². The first-order valence-corrected chi connectivity index (χ1v) is 14.9. The molecule has 0 saturated heterocycles. The number of aryl methyl sites for hydroxylation is 3. The minimum Gasteiger partial charge on any atom is -0.332 e. The van der Waals surface area contributed by atoms with Gasteiger partial charge in [0.2, 0.25) is 0 Å². The molecular formula is C40H37HfN-2. The fourth-order valence-corrected chi connectivity index (χ4v) is 5.97. The first kappa shape index (κ1) is 29.9. The van der Waals surface area contributed by atoms with Crippen molar-refractivity contribution in [3.63, 3.8) is 0 Å². The molecule has 0 unspecified atom stereocenters. The summed E-state index contributed by atoms with van der Waals surface area (Å²) in [6.07, 6.45) is 17.3. The van der Waals surface area contributed by atoms with Crippen molar-refractivity contribution in [1.82, 2.24) is 4.57 Å². The van der Waals surface area contributed by atoms with E-state index in [1.807, 2.05) is 12.2 Å². The summed E-state index contributed by atoms with van der Waals surface area (Å²) in [5.41, 5.74) is 8.62. The van der Waals surface area contributed by atoms with Crippen LogP contribution in [0.3, 0.4) is 0 Å². The van der Waals surface area contributed by atoms with Crippen LogP contribution in [0.5, 0.6) is 0 Å². The van der Waals surface area contributed by atoms with Crippen molar-refractivity contribution >= 4 is 21.7 Å². The fourth-order valence-electron chi connectivity index (χ4n) is 5.97. The van der Waals surface area contributed by atoms with Gasteiger partial charge in [-0.15, -0.1) is 47.5 Å². The zero-order chi connectivity index (χ0) is 27.7. The normalized spacial score (nSPS) is 13.0. The SMILES string of the molecule is [C-]1=CC=CC1.[Hf].c1ccc(CCc2ccccc2)cc1.c1ccc2[cH-]c(-n3c4c(c5ccccc53)CCCC4)cc2c1. The molecule has 6 aromatic rings. The maximum atomic E-state index is 2.99. The maximum Gasteiger partial charge on any atom is 0.0516 e. The van der Waals surface area contributed by atoms with E-state index in [9.17, 15) is 0 Å². The Balaban J connectivity index is 0.000000151. The third-order valence-electron chi connectivity index (χ3n) is 8.01. The summed E-state index contributed by atoms with van der Waals surface area (Å²) in [5.74, 6) is 0. The van der Waals surface area contributed by atoms with Gasteiger partial charge in [-0.1, -0.05) is 84.9 Å². The summed E-state index contributed by atoms with van der Waals surface area (Å²) in [6.45, 7) is 0. The van der Waals surface area contributed by atoms with Gasteiger partial charge in [-0.25, -0.2) is 12.2 Å². The van der Waals surface area contributed by atoms with Crippen molar-refractivity contribution in [2.24, 2.45) is 0 Å². The summed E-state index contributed by atoms with van der Waals surface area (Å²) in [4.78, 5) is 0. The number of para-hydroxylation sites is 1. The molecule has 0 aliphatic heterocycles.